The Bertz CT molecular complexity index is 953. The molecule has 1 amide bonds. The van der Waals surface area contributed by atoms with Crippen molar-refractivity contribution in [2.45, 2.75) is 38.7 Å². The molecule has 29 heavy (non-hydrogen) atoms. The van der Waals surface area contributed by atoms with Crippen molar-refractivity contribution in [3.05, 3.63) is 48.0 Å². The molecule has 8 heteroatoms. The van der Waals surface area contributed by atoms with Gasteiger partial charge in [-0.1, -0.05) is 26.0 Å². The third-order valence-corrected chi connectivity index (χ3v) is 6.32. The molecule has 0 aliphatic rings. The minimum absolute atomic E-state index is 0.0388. The van der Waals surface area contributed by atoms with Crippen molar-refractivity contribution < 1.29 is 22.7 Å². The van der Waals surface area contributed by atoms with E-state index in [0.29, 0.717) is 24.5 Å². The summed E-state index contributed by atoms with van der Waals surface area (Å²) in [4.78, 5) is 12.8. The van der Waals surface area contributed by atoms with Crippen LogP contribution in [0.5, 0.6) is 11.5 Å². The summed E-state index contributed by atoms with van der Waals surface area (Å²) in [5, 5.41) is 2.79. The van der Waals surface area contributed by atoms with Crippen molar-refractivity contribution in [3.63, 3.8) is 0 Å². The molecule has 0 spiro atoms. The van der Waals surface area contributed by atoms with E-state index in [9.17, 15) is 13.2 Å². The van der Waals surface area contributed by atoms with E-state index < -0.39 is 15.9 Å². The van der Waals surface area contributed by atoms with Crippen LogP contribution in [0.4, 0.5) is 5.69 Å². The lowest BCUT2D eigenvalue weighted by Crippen LogP contribution is -2.31. The predicted molar refractivity (Wildman–Crippen MR) is 113 cm³/mol. The Hall–Kier alpha value is -2.58. The van der Waals surface area contributed by atoms with Gasteiger partial charge in [-0.2, -0.15) is 4.31 Å². The van der Waals surface area contributed by atoms with E-state index in [4.69, 9.17) is 9.47 Å². The third kappa shape index (κ3) is 5.27. The number of carbonyl (C=O) groups excluding carboxylic acids is 1. The average Bonchev–Trinajstić information content (AvgIpc) is 2.69. The second kappa shape index (κ2) is 9.76. The molecule has 0 heterocycles. The highest BCUT2D eigenvalue weighted by atomic mass is 32.2. The summed E-state index contributed by atoms with van der Waals surface area (Å²) >= 11 is 0. The number of sulfonamides is 1. The highest BCUT2D eigenvalue weighted by Crippen LogP contribution is 2.29. The number of methoxy groups -OCH3 is 1. The van der Waals surface area contributed by atoms with Crippen molar-refractivity contribution >= 4 is 21.6 Å². The molecule has 2 aromatic carbocycles. The number of carbonyl (C=O) groups is 1. The van der Waals surface area contributed by atoms with Crippen molar-refractivity contribution in [2.75, 3.05) is 25.5 Å². The van der Waals surface area contributed by atoms with Gasteiger partial charge >= 0.3 is 0 Å². The van der Waals surface area contributed by atoms with Gasteiger partial charge in [0, 0.05) is 18.7 Å². The molecule has 0 radical (unpaired) electrons. The number of para-hydroxylation sites is 2. The number of benzene rings is 2. The first-order chi connectivity index (χ1) is 13.7. The number of amides is 1. The summed E-state index contributed by atoms with van der Waals surface area (Å²) in [7, 11) is -2.39. The number of hydrogen-bond acceptors (Lipinski definition) is 5. The Balaban J connectivity index is 2.41. The van der Waals surface area contributed by atoms with E-state index in [1.165, 1.54) is 29.6 Å². The van der Waals surface area contributed by atoms with Gasteiger partial charge in [0.1, 0.15) is 16.4 Å². The summed E-state index contributed by atoms with van der Waals surface area (Å²) < 4.78 is 38.2. The van der Waals surface area contributed by atoms with Crippen molar-refractivity contribution in [3.8, 4) is 11.5 Å². The zero-order valence-corrected chi connectivity index (χ0v) is 18.2. The number of hydrogen-bond donors (Lipinski definition) is 1. The number of nitrogens with zero attached hydrogens (tertiary/aromatic N) is 1. The van der Waals surface area contributed by atoms with E-state index in [-0.39, 0.29) is 22.3 Å². The summed E-state index contributed by atoms with van der Waals surface area (Å²) in [6.07, 6.45) is -0.0557. The zero-order valence-electron chi connectivity index (χ0n) is 17.4. The molecule has 0 atom stereocenters. The molecule has 1 N–H and O–H groups in total. The topological polar surface area (TPSA) is 84.9 Å². The van der Waals surface area contributed by atoms with Crippen LogP contribution in [0, 0.1) is 0 Å². The normalized spacial score (nSPS) is 11.6. The van der Waals surface area contributed by atoms with E-state index in [1.807, 2.05) is 19.9 Å². The fourth-order valence-electron chi connectivity index (χ4n) is 2.84. The smallest absolute Gasteiger partial charge is 0.255 e. The minimum atomic E-state index is -3.79. The van der Waals surface area contributed by atoms with Crippen LogP contribution in [0.3, 0.4) is 0 Å². The Kier molecular flexibility index (Phi) is 7.64. The zero-order chi connectivity index (χ0) is 21.6. The highest BCUT2D eigenvalue weighted by Gasteiger charge is 2.27. The number of ether oxygens (including phenoxy) is 2. The van der Waals surface area contributed by atoms with Gasteiger partial charge in [0.25, 0.3) is 5.91 Å². The number of anilines is 1. The van der Waals surface area contributed by atoms with Gasteiger partial charge in [-0.3, -0.25) is 4.79 Å². The molecule has 0 bridgehead atoms. The van der Waals surface area contributed by atoms with Gasteiger partial charge in [-0.15, -0.1) is 0 Å². The van der Waals surface area contributed by atoms with Crippen LogP contribution in [0.25, 0.3) is 0 Å². The van der Waals surface area contributed by atoms with Crippen molar-refractivity contribution in [1.82, 2.24) is 4.31 Å². The first kappa shape index (κ1) is 22.7. The van der Waals surface area contributed by atoms with E-state index in [2.05, 4.69) is 5.32 Å². The average molecular weight is 421 g/mol. The standard InChI is InChI=1S/C21H28N2O5S/c1-6-23(7-2)29(25,26)20-14-16(12-13-19(20)27-5)21(24)22-17-10-8-9-11-18(17)28-15(3)4/h8-15H,6-7H2,1-5H3,(H,22,24). The first-order valence-corrected chi connectivity index (χ1v) is 10.9. The van der Waals surface area contributed by atoms with Gasteiger partial charge in [0.2, 0.25) is 10.0 Å². The van der Waals surface area contributed by atoms with Crippen LogP contribution in [0.15, 0.2) is 47.4 Å². The van der Waals surface area contributed by atoms with Crippen LogP contribution < -0.4 is 14.8 Å². The van der Waals surface area contributed by atoms with Crippen LogP contribution in [-0.4, -0.2) is 44.9 Å². The van der Waals surface area contributed by atoms with Crippen molar-refractivity contribution in [1.29, 1.82) is 0 Å². The molecule has 2 rings (SSSR count). The Morgan fingerprint density at radius 3 is 2.31 bits per heavy atom. The van der Waals surface area contributed by atoms with Crippen LogP contribution in [0.2, 0.25) is 0 Å². The number of rotatable bonds is 9. The molecule has 7 nitrogen and oxygen atoms in total. The quantitative estimate of drug-likeness (QED) is 0.668. The van der Waals surface area contributed by atoms with Crippen molar-refractivity contribution in [2.24, 2.45) is 0 Å². The van der Waals surface area contributed by atoms with Crippen LogP contribution in [-0.2, 0) is 10.0 Å². The third-order valence-electron chi connectivity index (χ3n) is 4.25. The molecular weight excluding hydrogens is 392 g/mol. The molecule has 2 aromatic rings. The molecular formula is C21H28N2O5S. The predicted octanol–water partition coefficient (Wildman–Crippen LogP) is 3.77. The molecule has 0 saturated heterocycles. The van der Waals surface area contributed by atoms with Crippen LogP contribution >= 0.6 is 0 Å². The van der Waals surface area contributed by atoms with Gasteiger partial charge < -0.3 is 14.8 Å². The van der Waals surface area contributed by atoms with Gasteiger partial charge in [-0.25, -0.2) is 8.42 Å². The van der Waals surface area contributed by atoms with Gasteiger partial charge in [0.15, 0.2) is 0 Å². The first-order valence-electron chi connectivity index (χ1n) is 9.49. The van der Waals surface area contributed by atoms with E-state index >= 15 is 0 Å². The maximum Gasteiger partial charge on any atom is 0.255 e. The molecule has 0 aliphatic heterocycles. The summed E-state index contributed by atoms with van der Waals surface area (Å²) in [6, 6.07) is 11.5. The Morgan fingerprint density at radius 1 is 1.07 bits per heavy atom. The van der Waals surface area contributed by atoms with E-state index in [1.54, 1.807) is 32.0 Å². The lowest BCUT2D eigenvalue weighted by molar-refractivity contribution is 0.102. The second-order valence-electron chi connectivity index (χ2n) is 6.57. The molecule has 0 fully saturated rings. The second-order valence-corrected chi connectivity index (χ2v) is 8.48. The molecule has 0 saturated carbocycles. The molecule has 0 aliphatic carbocycles. The van der Waals surface area contributed by atoms with Gasteiger partial charge in [-0.05, 0) is 44.2 Å². The maximum absolute atomic E-state index is 13.0. The Morgan fingerprint density at radius 2 is 1.72 bits per heavy atom. The highest BCUT2D eigenvalue weighted by molar-refractivity contribution is 7.89. The maximum atomic E-state index is 13.0. The molecule has 158 valence electrons. The lowest BCUT2D eigenvalue weighted by Gasteiger charge is -2.20. The SMILES string of the molecule is CCN(CC)S(=O)(=O)c1cc(C(=O)Nc2ccccc2OC(C)C)ccc1OC. The Labute approximate surface area is 172 Å². The fraction of sp³-hybridized carbons (Fsp3) is 0.381. The largest absolute Gasteiger partial charge is 0.495 e. The summed E-state index contributed by atoms with van der Waals surface area (Å²) in [5.41, 5.74) is 0.714. The van der Waals surface area contributed by atoms with E-state index in [0.717, 1.165) is 0 Å². The number of nitrogens with one attached hydrogen (secondary N) is 1. The summed E-state index contributed by atoms with van der Waals surface area (Å²) in [6.45, 7) is 7.95. The monoisotopic (exact) mass is 420 g/mol. The fourth-order valence-corrected chi connectivity index (χ4v) is 4.48. The van der Waals surface area contributed by atoms with Crippen LogP contribution in [0.1, 0.15) is 38.1 Å². The molecule has 0 unspecified atom stereocenters. The minimum Gasteiger partial charge on any atom is -0.495 e. The lowest BCUT2D eigenvalue weighted by atomic mass is 10.2. The van der Waals surface area contributed by atoms with Gasteiger partial charge in [0.05, 0.1) is 18.9 Å². The molecule has 0 aromatic heterocycles. The summed E-state index contributed by atoms with van der Waals surface area (Å²) in [5.74, 6) is 0.292.